The first-order valence-corrected chi connectivity index (χ1v) is 4.16. The molecule has 0 saturated carbocycles. The topological polar surface area (TPSA) is 52.3 Å². The smallest absolute Gasteiger partial charge is 0.331 e. The molecule has 0 aromatic carbocycles. The molecule has 3 nitrogen and oxygen atoms in total. The summed E-state index contributed by atoms with van der Waals surface area (Å²) in [5.41, 5.74) is 4.84. The van der Waals surface area contributed by atoms with Gasteiger partial charge in [-0.25, -0.2) is 4.79 Å². The zero-order valence-electron chi connectivity index (χ0n) is 7.80. The average Bonchev–Trinajstić information content (AvgIpc) is 2.00. The zero-order valence-corrected chi connectivity index (χ0v) is 7.80. The van der Waals surface area contributed by atoms with E-state index in [0.29, 0.717) is 6.42 Å². The van der Waals surface area contributed by atoms with Crippen molar-refractivity contribution in [3.63, 3.8) is 0 Å². The van der Waals surface area contributed by atoms with Gasteiger partial charge in [0.2, 0.25) is 0 Å². The normalized spacial score (nSPS) is 14.9. The van der Waals surface area contributed by atoms with Crippen molar-refractivity contribution in [1.29, 1.82) is 0 Å². The Bertz CT molecular complexity index is 164. The van der Waals surface area contributed by atoms with E-state index in [0.717, 1.165) is 18.9 Å². The van der Waals surface area contributed by atoms with Gasteiger partial charge in [0.25, 0.3) is 0 Å². The molecule has 0 heterocycles. The van der Waals surface area contributed by atoms with E-state index in [1.807, 2.05) is 0 Å². The lowest BCUT2D eigenvalue weighted by Crippen LogP contribution is -2.40. The molecule has 1 atom stereocenters. The van der Waals surface area contributed by atoms with Gasteiger partial charge in [0.05, 0.1) is 0 Å². The fourth-order valence-electron chi connectivity index (χ4n) is 0.850. The largest absolute Gasteiger partial charge is 0.441 e. The van der Waals surface area contributed by atoms with Gasteiger partial charge in [0.15, 0.2) is 5.72 Å². The van der Waals surface area contributed by atoms with Crippen molar-refractivity contribution in [2.45, 2.75) is 38.8 Å². The quantitative estimate of drug-likeness (QED) is 0.388. The third kappa shape index (κ3) is 4.91. The number of unbranched alkanes of at least 4 members (excludes halogenated alkanes) is 1. The Morgan fingerprint density at radius 1 is 1.75 bits per heavy atom. The summed E-state index contributed by atoms with van der Waals surface area (Å²) in [5.74, 6) is -0.462. The van der Waals surface area contributed by atoms with E-state index in [2.05, 4.69) is 13.5 Å². The molecule has 12 heavy (non-hydrogen) atoms. The SMILES string of the molecule is C=CC(=O)OC(C)(N)CCCC. The molecule has 0 radical (unpaired) electrons. The Kier molecular flexibility index (Phi) is 4.59. The number of esters is 1. The van der Waals surface area contributed by atoms with Crippen LogP contribution in [0.15, 0.2) is 12.7 Å². The molecular formula is C9H17NO2. The molecule has 0 fully saturated rings. The minimum atomic E-state index is -0.846. The number of carbonyl (C=O) groups is 1. The predicted octanol–water partition coefficient (Wildman–Crippen LogP) is 1.58. The second-order valence-electron chi connectivity index (χ2n) is 3.04. The van der Waals surface area contributed by atoms with Crippen molar-refractivity contribution in [1.82, 2.24) is 0 Å². The van der Waals surface area contributed by atoms with Gasteiger partial charge in [-0.2, -0.15) is 0 Å². The van der Waals surface area contributed by atoms with Gasteiger partial charge in [-0.15, -0.1) is 0 Å². The van der Waals surface area contributed by atoms with E-state index >= 15 is 0 Å². The summed E-state index contributed by atoms with van der Waals surface area (Å²) in [7, 11) is 0. The Hall–Kier alpha value is -0.830. The van der Waals surface area contributed by atoms with Crippen molar-refractivity contribution in [3.05, 3.63) is 12.7 Å². The molecule has 0 amide bonds. The Labute approximate surface area is 73.6 Å². The second-order valence-corrected chi connectivity index (χ2v) is 3.04. The molecular weight excluding hydrogens is 154 g/mol. The highest BCUT2D eigenvalue weighted by molar-refractivity contribution is 5.81. The van der Waals surface area contributed by atoms with Crippen LogP contribution in [0.25, 0.3) is 0 Å². The maximum absolute atomic E-state index is 10.8. The molecule has 0 aromatic heterocycles. The van der Waals surface area contributed by atoms with Crippen molar-refractivity contribution in [2.24, 2.45) is 5.73 Å². The van der Waals surface area contributed by atoms with Gasteiger partial charge in [0.1, 0.15) is 0 Å². The van der Waals surface area contributed by atoms with Crippen LogP contribution in [0.1, 0.15) is 33.1 Å². The summed E-state index contributed by atoms with van der Waals surface area (Å²) in [4.78, 5) is 10.8. The highest BCUT2D eigenvalue weighted by Crippen LogP contribution is 2.12. The van der Waals surface area contributed by atoms with E-state index in [4.69, 9.17) is 10.5 Å². The van der Waals surface area contributed by atoms with E-state index in [-0.39, 0.29) is 0 Å². The number of hydrogen-bond donors (Lipinski definition) is 1. The lowest BCUT2D eigenvalue weighted by molar-refractivity contribution is -0.152. The van der Waals surface area contributed by atoms with Crippen LogP contribution in [0.4, 0.5) is 0 Å². The van der Waals surface area contributed by atoms with E-state index in [1.54, 1.807) is 6.92 Å². The standard InChI is InChI=1S/C9H17NO2/c1-4-6-7-9(3,10)12-8(11)5-2/h5H,2,4,6-7,10H2,1,3H3. The van der Waals surface area contributed by atoms with Crippen LogP contribution in [-0.4, -0.2) is 11.7 Å². The van der Waals surface area contributed by atoms with Gasteiger partial charge in [0, 0.05) is 12.5 Å². The minimum Gasteiger partial charge on any atom is -0.441 e. The van der Waals surface area contributed by atoms with Crippen molar-refractivity contribution < 1.29 is 9.53 Å². The Balaban J connectivity index is 3.85. The van der Waals surface area contributed by atoms with Gasteiger partial charge in [-0.05, 0) is 13.3 Å². The van der Waals surface area contributed by atoms with E-state index in [9.17, 15) is 4.79 Å². The molecule has 1 unspecified atom stereocenters. The highest BCUT2D eigenvalue weighted by atomic mass is 16.6. The Morgan fingerprint density at radius 2 is 2.33 bits per heavy atom. The van der Waals surface area contributed by atoms with Crippen LogP contribution < -0.4 is 5.73 Å². The first kappa shape index (κ1) is 11.2. The maximum Gasteiger partial charge on any atom is 0.331 e. The zero-order chi connectivity index (χ0) is 9.61. The first-order chi connectivity index (χ1) is 5.52. The second kappa shape index (κ2) is 4.93. The molecule has 70 valence electrons. The van der Waals surface area contributed by atoms with E-state index < -0.39 is 11.7 Å². The minimum absolute atomic E-state index is 0.462. The van der Waals surface area contributed by atoms with E-state index in [1.165, 1.54) is 0 Å². The maximum atomic E-state index is 10.8. The Morgan fingerprint density at radius 3 is 2.75 bits per heavy atom. The molecule has 0 spiro atoms. The number of hydrogen-bond acceptors (Lipinski definition) is 3. The number of ether oxygens (including phenoxy) is 1. The van der Waals surface area contributed by atoms with Crippen LogP contribution >= 0.6 is 0 Å². The summed E-state index contributed by atoms with van der Waals surface area (Å²) in [6, 6.07) is 0. The van der Waals surface area contributed by atoms with Crippen LogP contribution in [-0.2, 0) is 9.53 Å². The van der Waals surface area contributed by atoms with Crippen molar-refractivity contribution >= 4 is 5.97 Å². The molecule has 0 aliphatic rings. The van der Waals surface area contributed by atoms with Crippen molar-refractivity contribution in [3.8, 4) is 0 Å². The van der Waals surface area contributed by atoms with Crippen LogP contribution in [0.2, 0.25) is 0 Å². The summed E-state index contributed by atoms with van der Waals surface area (Å²) in [6.45, 7) is 7.05. The molecule has 0 rings (SSSR count). The fourth-order valence-corrected chi connectivity index (χ4v) is 0.850. The molecule has 0 aliphatic carbocycles. The van der Waals surface area contributed by atoms with Crippen LogP contribution in [0.5, 0.6) is 0 Å². The molecule has 2 N–H and O–H groups in total. The van der Waals surface area contributed by atoms with Gasteiger partial charge in [-0.1, -0.05) is 19.9 Å². The lowest BCUT2D eigenvalue weighted by atomic mass is 10.1. The number of nitrogens with two attached hydrogens (primary N) is 1. The molecule has 0 aromatic rings. The summed E-state index contributed by atoms with van der Waals surface area (Å²) >= 11 is 0. The summed E-state index contributed by atoms with van der Waals surface area (Å²) in [6.07, 6.45) is 3.80. The number of rotatable bonds is 5. The van der Waals surface area contributed by atoms with Crippen LogP contribution in [0.3, 0.4) is 0 Å². The molecule has 0 bridgehead atoms. The molecule has 3 heteroatoms. The van der Waals surface area contributed by atoms with Crippen molar-refractivity contribution in [2.75, 3.05) is 0 Å². The molecule has 0 aliphatic heterocycles. The first-order valence-electron chi connectivity index (χ1n) is 4.16. The van der Waals surface area contributed by atoms with Gasteiger partial charge < -0.3 is 4.74 Å². The summed E-state index contributed by atoms with van der Waals surface area (Å²) in [5, 5.41) is 0. The third-order valence-electron chi connectivity index (χ3n) is 1.53. The lowest BCUT2D eigenvalue weighted by Gasteiger charge is -2.23. The average molecular weight is 171 g/mol. The fraction of sp³-hybridized carbons (Fsp3) is 0.667. The van der Waals surface area contributed by atoms with Gasteiger partial charge >= 0.3 is 5.97 Å². The predicted molar refractivity (Wildman–Crippen MR) is 48.4 cm³/mol. The molecule has 0 saturated heterocycles. The summed E-state index contributed by atoms with van der Waals surface area (Å²) < 4.78 is 4.91. The number of carbonyl (C=O) groups excluding carboxylic acids is 1. The highest BCUT2D eigenvalue weighted by Gasteiger charge is 2.20. The van der Waals surface area contributed by atoms with Gasteiger partial charge in [-0.3, -0.25) is 5.73 Å². The third-order valence-corrected chi connectivity index (χ3v) is 1.53. The monoisotopic (exact) mass is 171 g/mol. The van der Waals surface area contributed by atoms with Crippen LogP contribution in [0, 0.1) is 0 Å².